The predicted octanol–water partition coefficient (Wildman–Crippen LogP) is 2.43. The monoisotopic (exact) mass is 302 g/mol. The zero-order chi connectivity index (χ0) is 15.4. The number of aromatic nitrogens is 1. The van der Waals surface area contributed by atoms with Gasteiger partial charge in [-0.15, -0.1) is 0 Å². The van der Waals surface area contributed by atoms with Gasteiger partial charge in [0.15, 0.2) is 5.96 Å². The van der Waals surface area contributed by atoms with Crippen molar-refractivity contribution in [2.24, 2.45) is 10.4 Å². The molecule has 3 rings (SSSR count). The number of likely N-dealkylation sites (tertiary alicyclic amines) is 1. The summed E-state index contributed by atoms with van der Waals surface area (Å²) in [5.41, 5.74) is 1.53. The van der Waals surface area contributed by atoms with E-state index in [1.54, 1.807) is 7.11 Å². The Balaban J connectivity index is 1.58. The minimum Gasteiger partial charge on any atom is -0.481 e. The largest absolute Gasteiger partial charge is 0.481 e. The zero-order valence-electron chi connectivity index (χ0n) is 13.6. The number of nitrogens with one attached hydrogen (secondary N) is 1. The minimum absolute atomic E-state index is 0.561. The Morgan fingerprint density at radius 3 is 2.91 bits per heavy atom. The number of hydrogen-bond donors (Lipinski definition) is 1. The molecule has 1 aromatic heterocycles. The number of hydrogen-bond acceptors (Lipinski definition) is 3. The van der Waals surface area contributed by atoms with E-state index >= 15 is 0 Å². The summed E-state index contributed by atoms with van der Waals surface area (Å²) in [7, 11) is 3.50. The second-order valence-electron chi connectivity index (χ2n) is 6.45. The summed E-state index contributed by atoms with van der Waals surface area (Å²) in [5, 5.41) is 3.44. The average molecular weight is 302 g/mol. The molecule has 2 aliphatic rings. The predicted molar refractivity (Wildman–Crippen MR) is 88.1 cm³/mol. The molecule has 1 N–H and O–H groups in total. The average Bonchev–Trinajstić information content (AvgIpc) is 3.19. The van der Waals surface area contributed by atoms with E-state index in [-0.39, 0.29) is 0 Å². The van der Waals surface area contributed by atoms with Crippen molar-refractivity contribution in [2.45, 2.75) is 38.6 Å². The van der Waals surface area contributed by atoms with E-state index < -0.39 is 0 Å². The molecule has 120 valence electrons. The Kier molecular flexibility index (Phi) is 4.50. The summed E-state index contributed by atoms with van der Waals surface area (Å²) in [6.45, 7) is 2.94. The van der Waals surface area contributed by atoms with Gasteiger partial charge in [-0.25, -0.2) is 4.98 Å². The number of guanidine groups is 1. The fraction of sp³-hybridized carbons (Fsp3) is 0.647. The van der Waals surface area contributed by atoms with E-state index in [1.807, 2.05) is 25.2 Å². The minimum atomic E-state index is 0.561. The highest BCUT2D eigenvalue weighted by molar-refractivity contribution is 5.80. The van der Waals surface area contributed by atoms with E-state index in [2.05, 4.69) is 20.2 Å². The van der Waals surface area contributed by atoms with Crippen molar-refractivity contribution in [1.82, 2.24) is 15.2 Å². The number of aliphatic imine (C=N–C) groups is 1. The Bertz CT molecular complexity index is 537. The van der Waals surface area contributed by atoms with Crippen LogP contribution >= 0.6 is 0 Å². The van der Waals surface area contributed by atoms with E-state index in [0.29, 0.717) is 17.8 Å². The second-order valence-corrected chi connectivity index (χ2v) is 6.45. The summed E-state index contributed by atoms with van der Waals surface area (Å²) in [4.78, 5) is 11.3. The van der Waals surface area contributed by atoms with Gasteiger partial charge in [-0.1, -0.05) is 18.9 Å². The summed E-state index contributed by atoms with van der Waals surface area (Å²) in [5.74, 6) is 1.65. The summed E-state index contributed by atoms with van der Waals surface area (Å²) >= 11 is 0. The van der Waals surface area contributed by atoms with Crippen LogP contribution in [-0.4, -0.2) is 43.1 Å². The molecule has 0 unspecified atom stereocenters. The SMILES string of the molecule is CN=C(NCc1cccc(OC)n1)N1CCC2(CCCC2)C1. The van der Waals surface area contributed by atoms with Gasteiger partial charge in [0.2, 0.25) is 5.88 Å². The van der Waals surface area contributed by atoms with Crippen molar-refractivity contribution >= 4 is 5.96 Å². The van der Waals surface area contributed by atoms with E-state index in [9.17, 15) is 0 Å². The molecule has 1 aromatic rings. The third-order valence-corrected chi connectivity index (χ3v) is 5.03. The Morgan fingerprint density at radius 1 is 1.36 bits per heavy atom. The van der Waals surface area contributed by atoms with Gasteiger partial charge in [-0.3, -0.25) is 4.99 Å². The maximum atomic E-state index is 5.17. The van der Waals surface area contributed by atoms with Gasteiger partial charge < -0.3 is 15.0 Å². The highest BCUT2D eigenvalue weighted by atomic mass is 16.5. The third-order valence-electron chi connectivity index (χ3n) is 5.03. The molecule has 1 saturated carbocycles. The Labute approximate surface area is 132 Å². The van der Waals surface area contributed by atoms with E-state index in [4.69, 9.17) is 4.74 Å². The quantitative estimate of drug-likeness (QED) is 0.688. The lowest BCUT2D eigenvalue weighted by atomic mass is 9.86. The van der Waals surface area contributed by atoms with Crippen LogP contribution in [0, 0.1) is 5.41 Å². The second kappa shape index (κ2) is 6.55. The third kappa shape index (κ3) is 3.18. The first-order chi connectivity index (χ1) is 10.7. The molecule has 1 aliphatic heterocycles. The molecule has 0 bridgehead atoms. The van der Waals surface area contributed by atoms with Crippen LogP contribution in [0.4, 0.5) is 0 Å². The van der Waals surface area contributed by atoms with E-state index in [0.717, 1.165) is 24.7 Å². The summed E-state index contributed by atoms with van der Waals surface area (Å²) in [6.07, 6.45) is 6.88. The van der Waals surface area contributed by atoms with Crippen LogP contribution in [-0.2, 0) is 6.54 Å². The van der Waals surface area contributed by atoms with Gasteiger partial charge >= 0.3 is 0 Å². The van der Waals surface area contributed by atoms with Gasteiger partial charge in [0, 0.05) is 26.2 Å². The summed E-state index contributed by atoms with van der Waals surface area (Å²) in [6, 6.07) is 5.84. The first-order valence-corrected chi connectivity index (χ1v) is 8.20. The van der Waals surface area contributed by atoms with E-state index in [1.165, 1.54) is 32.1 Å². The van der Waals surface area contributed by atoms with Crippen LogP contribution in [0.3, 0.4) is 0 Å². The number of nitrogens with zero attached hydrogens (tertiary/aromatic N) is 3. The van der Waals surface area contributed by atoms with Crippen molar-refractivity contribution in [3.63, 3.8) is 0 Å². The molecule has 1 saturated heterocycles. The zero-order valence-corrected chi connectivity index (χ0v) is 13.6. The lowest BCUT2D eigenvalue weighted by molar-refractivity contribution is 0.309. The first kappa shape index (κ1) is 15.1. The molecular formula is C17H26N4O. The van der Waals surface area contributed by atoms with Crippen LogP contribution in [0.5, 0.6) is 5.88 Å². The number of pyridine rings is 1. The van der Waals surface area contributed by atoms with Gasteiger partial charge in [0.05, 0.1) is 19.3 Å². The van der Waals surface area contributed by atoms with Gasteiger partial charge in [-0.2, -0.15) is 0 Å². The topological polar surface area (TPSA) is 49.8 Å². The molecule has 0 atom stereocenters. The molecule has 2 fully saturated rings. The Hall–Kier alpha value is -1.78. The van der Waals surface area contributed by atoms with Gasteiger partial charge in [0.25, 0.3) is 0 Å². The van der Waals surface area contributed by atoms with Crippen molar-refractivity contribution in [3.8, 4) is 5.88 Å². The van der Waals surface area contributed by atoms with Crippen LogP contribution in [0.15, 0.2) is 23.2 Å². The molecular weight excluding hydrogens is 276 g/mol. The fourth-order valence-corrected chi connectivity index (χ4v) is 3.82. The molecule has 22 heavy (non-hydrogen) atoms. The lowest BCUT2D eigenvalue weighted by Crippen LogP contribution is -2.40. The number of methoxy groups -OCH3 is 1. The van der Waals surface area contributed by atoms with Gasteiger partial charge in [0.1, 0.15) is 0 Å². The molecule has 1 aliphatic carbocycles. The van der Waals surface area contributed by atoms with Crippen molar-refractivity contribution < 1.29 is 4.74 Å². The lowest BCUT2D eigenvalue weighted by Gasteiger charge is -2.25. The smallest absolute Gasteiger partial charge is 0.213 e. The van der Waals surface area contributed by atoms with Crippen molar-refractivity contribution in [1.29, 1.82) is 0 Å². The summed E-state index contributed by atoms with van der Waals surface area (Å²) < 4.78 is 5.17. The molecule has 2 heterocycles. The number of rotatable bonds is 3. The molecule has 5 heteroatoms. The van der Waals surface area contributed by atoms with Crippen molar-refractivity contribution in [3.05, 3.63) is 23.9 Å². The molecule has 0 radical (unpaired) electrons. The van der Waals surface area contributed by atoms with Crippen molar-refractivity contribution in [2.75, 3.05) is 27.2 Å². The highest BCUT2D eigenvalue weighted by Gasteiger charge is 2.41. The molecule has 0 amide bonds. The fourth-order valence-electron chi connectivity index (χ4n) is 3.82. The maximum absolute atomic E-state index is 5.17. The van der Waals surface area contributed by atoms with Crippen LogP contribution in [0.2, 0.25) is 0 Å². The molecule has 0 aromatic carbocycles. The number of ether oxygens (including phenoxy) is 1. The normalized spacial score (nSPS) is 20.6. The Morgan fingerprint density at radius 2 is 2.18 bits per heavy atom. The van der Waals surface area contributed by atoms with Gasteiger partial charge in [-0.05, 0) is 30.7 Å². The van der Waals surface area contributed by atoms with Crippen LogP contribution < -0.4 is 10.1 Å². The maximum Gasteiger partial charge on any atom is 0.213 e. The highest BCUT2D eigenvalue weighted by Crippen LogP contribution is 2.45. The first-order valence-electron chi connectivity index (χ1n) is 8.20. The van der Waals surface area contributed by atoms with Crippen LogP contribution in [0.25, 0.3) is 0 Å². The van der Waals surface area contributed by atoms with Crippen LogP contribution in [0.1, 0.15) is 37.8 Å². The molecule has 5 nitrogen and oxygen atoms in total. The molecule has 1 spiro atoms. The standard InChI is InChI=1S/C17H26N4O/c1-18-16(19-12-14-6-5-7-15(20-14)22-2)21-11-10-17(13-21)8-3-4-9-17/h5-7H,3-4,8-13H2,1-2H3,(H,18,19).